The molecule has 15 heavy (non-hydrogen) atoms. The van der Waals surface area contributed by atoms with Crippen molar-refractivity contribution in [3.63, 3.8) is 0 Å². The van der Waals surface area contributed by atoms with Crippen molar-refractivity contribution in [1.82, 2.24) is 0 Å². The highest BCUT2D eigenvalue weighted by Crippen LogP contribution is 2.22. The largest absolute Gasteiger partial charge is 0.176 e. The van der Waals surface area contributed by atoms with E-state index in [0.29, 0.717) is 10.5 Å². The lowest BCUT2D eigenvalue weighted by Gasteiger charge is -2.15. The summed E-state index contributed by atoms with van der Waals surface area (Å²) in [6, 6.07) is 0. The third-order valence-electron chi connectivity index (χ3n) is 3.37. The van der Waals surface area contributed by atoms with Crippen LogP contribution in [0.25, 0.3) is 0 Å². The minimum Gasteiger partial charge on any atom is -0.176 e. The minimum atomic E-state index is 0.591. The first-order chi connectivity index (χ1) is 7.29. The summed E-state index contributed by atoms with van der Waals surface area (Å²) in [5.41, 5.74) is 0. The van der Waals surface area contributed by atoms with Crippen molar-refractivity contribution < 1.29 is 0 Å². The van der Waals surface area contributed by atoms with Gasteiger partial charge in [-0.05, 0) is 19.3 Å². The molecule has 0 aliphatic heterocycles. The summed E-state index contributed by atoms with van der Waals surface area (Å²) < 4.78 is 0. The van der Waals surface area contributed by atoms with Crippen molar-refractivity contribution >= 4 is 25.3 Å². The van der Waals surface area contributed by atoms with Gasteiger partial charge in [-0.25, -0.2) is 0 Å². The van der Waals surface area contributed by atoms with E-state index in [2.05, 4.69) is 25.3 Å². The Morgan fingerprint density at radius 2 is 0.867 bits per heavy atom. The zero-order valence-electron chi connectivity index (χ0n) is 9.83. The average Bonchev–Trinajstić information content (AvgIpc) is 2.21. The summed E-state index contributed by atoms with van der Waals surface area (Å²) in [4.78, 5) is 0. The van der Waals surface area contributed by atoms with E-state index in [1.54, 1.807) is 0 Å². The van der Waals surface area contributed by atoms with E-state index in [1.807, 2.05) is 0 Å². The highest BCUT2D eigenvalue weighted by Gasteiger charge is 2.10. The molecule has 1 aliphatic rings. The van der Waals surface area contributed by atoms with Crippen LogP contribution < -0.4 is 0 Å². The standard InChI is InChI=1S/C13H26S2/c14-12-9-7-5-3-1-2-4-6-8-10-13(15)11-12/h12-15H,1-11H2. The van der Waals surface area contributed by atoms with Crippen LogP contribution in [0.15, 0.2) is 0 Å². The monoisotopic (exact) mass is 246 g/mol. The highest BCUT2D eigenvalue weighted by molar-refractivity contribution is 7.81. The highest BCUT2D eigenvalue weighted by atomic mass is 32.1. The molecule has 0 amide bonds. The lowest BCUT2D eigenvalue weighted by atomic mass is 10.1. The normalized spacial score (nSPS) is 32.4. The molecule has 90 valence electrons. The fourth-order valence-corrected chi connectivity index (χ4v) is 3.41. The van der Waals surface area contributed by atoms with E-state index in [-0.39, 0.29) is 0 Å². The third kappa shape index (κ3) is 7.57. The van der Waals surface area contributed by atoms with Gasteiger partial charge < -0.3 is 0 Å². The van der Waals surface area contributed by atoms with Gasteiger partial charge in [-0.15, -0.1) is 0 Å². The SMILES string of the molecule is SC1CCCCCCCCCCC(S)C1. The van der Waals surface area contributed by atoms with Crippen LogP contribution in [0.1, 0.15) is 70.6 Å². The Kier molecular flexibility index (Phi) is 8.08. The molecule has 2 atom stereocenters. The van der Waals surface area contributed by atoms with Gasteiger partial charge in [-0.2, -0.15) is 25.3 Å². The smallest absolute Gasteiger partial charge is 0.00272 e. The van der Waals surface area contributed by atoms with Crippen molar-refractivity contribution in [3.05, 3.63) is 0 Å². The molecule has 0 aromatic carbocycles. The molecule has 0 radical (unpaired) electrons. The van der Waals surface area contributed by atoms with Gasteiger partial charge in [0.05, 0.1) is 0 Å². The quantitative estimate of drug-likeness (QED) is 0.559. The van der Waals surface area contributed by atoms with Crippen molar-refractivity contribution in [2.45, 2.75) is 81.1 Å². The summed E-state index contributed by atoms with van der Waals surface area (Å²) in [5.74, 6) is 0. The molecule has 0 N–H and O–H groups in total. The topological polar surface area (TPSA) is 0 Å². The lowest BCUT2D eigenvalue weighted by Crippen LogP contribution is -2.08. The summed E-state index contributed by atoms with van der Waals surface area (Å²) in [5, 5.41) is 1.18. The molecule has 1 aliphatic carbocycles. The van der Waals surface area contributed by atoms with E-state index in [4.69, 9.17) is 0 Å². The van der Waals surface area contributed by atoms with Crippen LogP contribution in [0.4, 0.5) is 0 Å². The fraction of sp³-hybridized carbons (Fsp3) is 1.00. The van der Waals surface area contributed by atoms with Crippen molar-refractivity contribution in [2.75, 3.05) is 0 Å². The molecule has 1 saturated carbocycles. The van der Waals surface area contributed by atoms with E-state index in [1.165, 1.54) is 70.6 Å². The third-order valence-corrected chi connectivity index (χ3v) is 4.31. The average molecular weight is 246 g/mol. The zero-order chi connectivity index (χ0) is 10.9. The molecule has 1 rings (SSSR count). The van der Waals surface area contributed by atoms with Crippen LogP contribution in [-0.4, -0.2) is 10.5 Å². The van der Waals surface area contributed by atoms with Gasteiger partial charge in [0, 0.05) is 10.5 Å². The van der Waals surface area contributed by atoms with Gasteiger partial charge >= 0.3 is 0 Å². The molecule has 0 aromatic heterocycles. The molecule has 1 fully saturated rings. The summed E-state index contributed by atoms with van der Waals surface area (Å²) >= 11 is 9.32. The van der Waals surface area contributed by atoms with Gasteiger partial charge in [0.25, 0.3) is 0 Å². The van der Waals surface area contributed by atoms with Gasteiger partial charge in [-0.3, -0.25) is 0 Å². The molecule has 2 heteroatoms. The predicted molar refractivity (Wildman–Crippen MR) is 76.3 cm³/mol. The summed E-state index contributed by atoms with van der Waals surface area (Å²) in [6.07, 6.45) is 15.1. The van der Waals surface area contributed by atoms with E-state index in [9.17, 15) is 0 Å². The molecular formula is C13H26S2. The Hall–Kier alpha value is 0.700. The van der Waals surface area contributed by atoms with Crippen molar-refractivity contribution in [2.24, 2.45) is 0 Å². The molecule has 0 heterocycles. The fourth-order valence-electron chi connectivity index (χ4n) is 2.37. The van der Waals surface area contributed by atoms with Crippen LogP contribution in [0.3, 0.4) is 0 Å². The van der Waals surface area contributed by atoms with E-state index < -0.39 is 0 Å². The molecule has 0 aromatic rings. The minimum absolute atomic E-state index is 0.591. The van der Waals surface area contributed by atoms with Crippen molar-refractivity contribution in [1.29, 1.82) is 0 Å². The Labute approximate surface area is 106 Å². The second kappa shape index (κ2) is 8.81. The molecule has 0 nitrogen and oxygen atoms in total. The molecule has 0 spiro atoms. The second-order valence-corrected chi connectivity index (χ2v) is 6.41. The lowest BCUT2D eigenvalue weighted by molar-refractivity contribution is 0.563. The van der Waals surface area contributed by atoms with Crippen LogP contribution in [0.5, 0.6) is 0 Å². The number of hydrogen-bond acceptors (Lipinski definition) is 2. The Morgan fingerprint density at radius 1 is 0.533 bits per heavy atom. The van der Waals surface area contributed by atoms with Gasteiger partial charge in [0.15, 0.2) is 0 Å². The first-order valence-corrected chi connectivity index (χ1v) is 7.68. The molecule has 2 unspecified atom stereocenters. The molecule has 0 saturated heterocycles. The van der Waals surface area contributed by atoms with Gasteiger partial charge in [0.2, 0.25) is 0 Å². The number of rotatable bonds is 0. The van der Waals surface area contributed by atoms with E-state index in [0.717, 1.165) is 0 Å². The Balaban J connectivity index is 2.23. The maximum absolute atomic E-state index is 4.66. The Morgan fingerprint density at radius 3 is 1.27 bits per heavy atom. The Bertz CT molecular complexity index is 131. The van der Waals surface area contributed by atoms with Crippen LogP contribution >= 0.6 is 25.3 Å². The van der Waals surface area contributed by atoms with Gasteiger partial charge in [-0.1, -0.05) is 51.4 Å². The van der Waals surface area contributed by atoms with Crippen LogP contribution in [0.2, 0.25) is 0 Å². The first-order valence-electron chi connectivity index (χ1n) is 6.65. The van der Waals surface area contributed by atoms with Crippen LogP contribution in [-0.2, 0) is 0 Å². The summed E-state index contributed by atoms with van der Waals surface area (Å²) in [7, 11) is 0. The zero-order valence-corrected chi connectivity index (χ0v) is 11.6. The molecule has 0 bridgehead atoms. The number of thiol groups is 2. The summed E-state index contributed by atoms with van der Waals surface area (Å²) in [6.45, 7) is 0. The maximum Gasteiger partial charge on any atom is 0.00272 e. The van der Waals surface area contributed by atoms with Crippen molar-refractivity contribution in [3.8, 4) is 0 Å². The maximum atomic E-state index is 4.66. The second-order valence-electron chi connectivity index (χ2n) is 4.95. The number of hydrogen-bond donors (Lipinski definition) is 2. The van der Waals surface area contributed by atoms with Crippen LogP contribution in [0, 0.1) is 0 Å². The molecular weight excluding hydrogens is 220 g/mol. The van der Waals surface area contributed by atoms with Gasteiger partial charge in [0.1, 0.15) is 0 Å². The first kappa shape index (κ1) is 13.8. The predicted octanol–water partition coefficient (Wildman–Crippen LogP) is 4.89. The van der Waals surface area contributed by atoms with E-state index >= 15 is 0 Å².